The average Bonchev–Trinajstić information content (AvgIpc) is 2.64. The minimum atomic E-state index is -3.61. The maximum Gasteiger partial charge on any atom is 0.240 e. The molecule has 0 atom stereocenters. The van der Waals surface area contributed by atoms with Crippen LogP contribution in [0.1, 0.15) is 37.5 Å². The second-order valence-electron chi connectivity index (χ2n) is 8.50. The van der Waals surface area contributed by atoms with E-state index in [-0.39, 0.29) is 24.4 Å². The largest absolute Gasteiger partial charge is 0.491 e. The highest BCUT2D eigenvalue weighted by Gasteiger charge is 2.22. The summed E-state index contributed by atoms with van der Waals surface area (Å²) in [5.41, 5.74) is 3.27. The van der Waals surface area contributed by atoms with E-state index in [1.807, 2.05) is 50.2 Å². The number of nitrogens with one attached hydrogen (secondary N) is 1. The third kappa shape index (κ3) is 6.49. The minimum absolute atomic E-state index is 0.0541. The lowest BCUT2D eigenvalue weighted by molar-refractivity contribution is -0.119. The summed E-state index contributed by atoms with van der Waals surface area (Å²) in [5.74, 6) is 0.404. The summed E-state index contributed by atoms with van der Waals surface area (Å²) in [4.78, 5) is 12.4. The number of para-hydroxylation sites is 1. The first kappa shape index (κ1) is 23.7. The van der Waals surface area contributed by atoms with Crippen LogP contribution >= 0.6 is 0 Å². The number of aryl methyl sites for hydroxylation is 2. The fraction of sp³-hybridized carbons (Fsp3) is 0.435. The number of rotatable bonds is 8. The summed E-state index contributed by atoms with van der Waals surface area (Å²) in [7, 11) is -3.61. The van der Waals surface area contributed by atoms with Crippen molar-refractivity contribution in [1.82, 2.24) is 5.32 Å². The van der Waals surface area contributed by atoms with Gasteiger partial charge in [0, 0.05) is 0 Å². The van der Waals surface area contributed by atoms with E-state index in [0.29, 0.717) is 12.3 Å². The molecule has 1 amide bonds. The summed E-state index contributed by atoms with van der Waals surface area (Å²) in [6, 6.07) is 13.4. The van der Waals surface area contributed by atoms with Crippen LogP contribution in [0.5, 0.6) is 5.75 Å². The molecule has 0 fully saturated rings. The first-order chi connectivity index (χ1) is 13.9. The zero-order chi connectivity index (χ0) is 22.5. The van der Waals surface area contributed by atoms with Crippen LogP contribution < -0.4 is 14.4 Å². The van der Waals surface area contributed by atoms with Crippen molar-refractivity contribution in [1.29, 1.82) is 0 Å². The monoisotopic (exact) mass is 432 g/mol. The van der Waals surface area contributed by atoms with E-state index >= 15 is 0 Å². The molecule has 0 heterocycles. The number of carbonyl (C=O) groups is 1. The second kappa shape index (κ2) is 9.51. The Balaban J connectivity index is 1.99. The standard InChI is InChI=1S/C23H32N2O4S/c1-17-11-12-18(2)20(15-17)25(30(6,27)28)16-22(26)24-13-14-29-21-10-8-7-9-19(21)23(3,4)5/h7-12,15H,13-14,16H2,1-6H3,(H,24,26). The molecule has 0 saturated carbocycles. The molecule has 2 aromatic carbocycles. The van der Waals surface area contributed by atoms with Gasteiger partial charge in [-0.15, -0.1) is 0 Å². The van der Waals surface area contributed by atoms with Crippen molar-refractivity contribution < 1.29 is 17.9 Å². The molecule has 1 N–H and O–H groups in total. The number of nitrogens with zero attached hydrogens (tertiary/aromatic N) is 1. The van der Waals surface area contributed by atoms with Crippen LogP contribution in [0, 0.1) is 13.8 Å². The van der Waals surface area contributed by atoms with E-state index in [2.05, 4.69) is 26.1 Å². The van der Waals surface area contributed by atoms with Gasteiger partial charge in [0.1, 0.15) is 18.9 Å². The molecule has 2 aromatic rings. The Labute approximate surface area is 180 Å². The number of hydrogen-bond acceptors (Lipinski definition) is 4. The van der Waals surface area contributed by atoms with Crippen molar-refractivity contribution in [3.63, 3.8) is 0 Å². The smallest absolute Gasteiger partial charge is 0.240 e. The van der Waals surface area contributed by atoms with Crippen molar-refractivity contribution >= 4 is 21.6 Å². The highest BCUT2D eigenvalue weighted by molar-refractivity contribution is 7.92. The van der Waals surface area contributed by atoms with E-state index in [1.54, 1.807) is 6.07 Å². The zero-order valence-electron chi connectivity index (χ0n) is 18.7. The summed E-state index contributed by atoms with van der Waals surface area (Å²) in [5, 5.41) is 2.75. The van der Waals surface area contributed by atoms with Crippen LogP contribution in [-0.2, 0) is 20.2 Å². The molecule has 2 rings (SSSR count). The van der Waals surface area contributed by atoms with E-state index in [1.165, 1.54) is 0 Å². The molecule has 0 radical (unpaired) electrons. The predicted octanol–water partition coefficient (Wildman–Crippen LogP) is 3.56. The number of ether oxygens (including phenoxy) is 1. The average molecular weight is 433 g/mol. The van der Waals surface area contributed by atoms with Gasteiger partial charge in [-0.2, -0.15) is 0 Å². The van der Waals surface area contributed by atoms with Gasteiger partial charge in [-0.05, 0) is 48.1 Å². The number of anilines is 1. The van der Waals surface area contributed by atoms with Gasteiger partial charge >= 0.3 is 0 Å². The SMILES string of the molecule is Cc1ccc(C)c(N(CC(=O)NCCOc2ccccc2C(C)(C)C)S(C)(=O)=O)c1. The van der Waals surface area contributed by atoms with Crippen LogP contribution in [-0.4, -0.2) is 40.3 Å². The van der Waals surface area contributed by atoms with Gasteiger partial charge in [0.2, 0.25) is 15.9 Å². The molecule has 0 aliphatic heterocycles. The molecular weight excluding hydrogens is 400 g/mol. The lowest BCUT2D eigenvalue weighted by Gasteiger charge is -2.24. The topological polar surface area (TPSA) is 75.7 Å². The minimum Gasteiger partial charge on any atom is -0.491 e. The third-order valence-electron chi connectivity index (χ3n) is 4.70. The lowest BCUT2D eigenvalue weighted by Crippen LogP contribution is -2.41. The van der Waals surface area contributed by atoms with Crippen LogP contribution in [0.15, 0.2) is 42.5 Å². The molecule has 0 saturated heterocycles. The molecule has 0 unspecified atom stereocenters. The molecule has 0 aromatic heterocycles. The van der Waals surface area contributed by atoms with Gasteiger partial charge in [-0.25, -0.2) is 8.42 Å². The number of amides is 1. The van der Waals surface area contributed by atoms with E-state index < -0.39 is 10.0 Å². The molecule has 0 aliphatic rings. The third-order valence-corrected chi connectivity index (χ3v) is 5.82. The summed E-state index contributed by atoms with van der Waals surface area (Å²) < 4.78 is 31.6. The van der Waals surface area contributed by atoms with Gasteiger partial charge in [-0.1, -0.05) is 51.1 Å². The predicted molar refractivity (Wildman–Crippen MR) is 122 cm³/mol. The van der Waals surface area contributed by atoms with Crippen molar-refractivity contribution in [3.05, 3.63) is 59.2 Å². The zero-order valence-corrected chi connectivity index (χ0v) is 19.5. The molecule has 30 heavy (non-hydrogen) atoms. The Morgan fingerprint density at radius 2 is 1.77 bits per heavy atom. The van der Waals surface area contributed by atoms with Crippen LogP contribution in [0.25, 0.3) is 0 Å². The molecule has 0 aliphatic carbocycles. The number of benzene rings is 2. The van der Waals surface area contributed by atoms with Gasteiger partial charge in [0.15, 0.2) is 0 Å². The molecule has 6 nitrogen and oxygen atoms in total. The van der Waals surface area contributed by atoms with Gasteiger partial charge in [0.05, 0.1) is 18.5 Å². The summed E-state index contributed by atoms with van der Waals surface area (Å²) in [6.07, 6.45) is 1.11. The highest BCUT2D eigenvalue weighted by Crippen LogP contribution is 2.30. The maximum absolute atomic E-state index is 12.4. The first-order valence-corrected chi connectivity index (χ1v) is 11.8. The Hall–Kier alpha value is -2.54. The molecule has 164 valence electrons. The van der Waals surface area contributed by atoms with Crippen molar-refractivity contribution in [2.45, 2.75) is 40.0 Å². The quantitative estimate of drug-likeness (QED) is 0.647. The maximum atomic E-state index is 12.4. The van der Waals surface area contributed by atoms with E-state index in [0.717, 1.165) is 33.0 Å². The van der Waals surface area contributed by atoms with Crippen LogP contribution in [0.2, 0.25) is 0 Å². The Kier molecular flexibility index (Phi) is 7.53. The normalized spacial score (nSPS) is 11.8. The Morgan fingerprint density at radius 3 is 2.40 bits per heavy atom. The lowest BCUT2D eigenvalue weighted by atomic mass is 9.86. The second-order valence-corrected chi connectivity index (χ2v) is 10.4. The first-order valence-electron chi connectivity index (χ1n) is 9.93. The van der Waals surface area contributed by atoms with Gasteiger partial charge in [0.25, 0.3) is 0 Å². The fourth-order valence-electron chi connectivity index (χ4n) is 3.12. The van der Waals surface area contributed by atoms with Crippen molar-refractivity contribution in [2.24, 2.45) is 0 Å². The number of sulfonamides is 1. The summed E-state index contributed by atoms with van der Waals surface area (Å²) in [6.45, 7) is 10.4. The highest BCUT2D eigenvalue weighted by atomic mass is 32.2. The molecule has 0 bridgehead atoms. The van der Waals surface area contributed by atoms with Crippen LogP contribution in [0.3, 0.4) is 0 Å². The van der Waals surface area contributed by atoms with E-state index in [4.69, 9.17) is 4.74 Å². The van der Waals surface area contributed by atoms with Crippen molar-refractivity contribution in [2.75, 3.05) is 30.3 Å². The molecule has 0 spiro atoms. The van der Waals surface area contributed by atoms with Gasteiger partial charge in [-0.3, -0.25) is 9.10 Å². The Bertz CT molecular complexity index is 995. The van der Waals surface area contributed by atoms with Crippen molar-refractivity contribution in [3.8, 4) is 5.75 Å². The summed E-state index contributed by atoms with van der Waals surface area (Å²) >= 11 is 0. The number of carbonyl (C=O) groups excluding carboxylic acids is 1. The van der Waals surface area contributed by atoms with E-state index in [9.17, 15) is 13.2 Å². The number of hydrogen-bond donors (Lipinski definition) is 1. The van der Waals surface area contributed by atoms with Gasteiger partial charge < -0.3 is 10.1 Å². The fourth-order valence-corrected chi connectivity index (χ4v) is 4.02. The molecular formula is C23H32N2O4S. The Morgan fingerprint density at radius 1 is 1.10 bits per heavy atom. The molecule has 7 heteroatoms. The van der Waals surface area contributed by atoms with Crippen LogP contribution in [0.4, 0.5) is 5.69 Å².